The predicted octanol–water partition coefficient (Wildman–Crippen LogP) is -0.0712. The maximum Gasteiger partial charge on any atom is 0.164 e. The van der Waals surface area contributed by atoms with Crippen molar-refractivity contribution >= 4 is 13.3 Å². The predicted molar refractivity (Wildman–Crippen MR) is 36.2 cm³/mol. The van der Waals surface area contributed by atoms with Gasteiger partial charge in [-0.15, -0.1) is 0 Å². The molecule has 1 N–H and O–H groups in total. The van der Waals surface area contributed by atoms with E-state index < -0.39 is 17.4 Å². The lowest BCUT2D eigenvalue weighted by molar-refractivity contribution is 0.432. The zero-order valence-corrected chi connectivity index (χ0v) is 5.36. The first-order valence-electron chi connectivity index (χ1n) is 2.76. The van der Waals surface area contributed by atoms with Gasteiger partial charge in [0.25, 0.3) is 0 Å². The van der Waals surface area contributed by atoms with Crippen LogP contribution in [0.25, 0.3) is 0 Å². The van der Waals surface area contributed by atoms with Crippen LogP contribution in [0.15, 0.2) is 12.1 Å². The third kappa shape index (κ3) is 0.965. The van der Waals surface area contributed by atoms with Crippen LogP contribution in [-0.4, -0.2) is 13.0 Å². The van der Waals surface area contributed by atoms with Gasteiger partial charge in [0.15, 0.2) is 5.82 Å². The van der Waals surface area contributed by atoms with Gasteiger partial charge in [0, 0.05) is 0 Å². The Labute approximate surface area is 57.7 Å². The topological polar surface area (TPSA) is 20.2 Å². The molecule has 10 heavy (non-hydrogen) atoms. The number of rotatable bonds is 0. The number of aromatic hydroxyl groups is 1. The Hall–Kier alpha value is -1.06. The lowest BCUT2D eigenvalue weighted by atomic mass is 9.94. The van der Waals surface area contributed by atoms with Crippen molar-refractivity contribution in [2.45, 2.75) is 0 Å². The molecule has 0 unspecified atom stereocenters. The summed E-state index contributed by atoms with van der Waals surface area (Å²) in [6, 6.07) is 1.86. The van der Waals surface area contributed by atoms with Crippen molar-refractivity contribution in [2.24, 2.45) is 0 Å². The summed E-state index contributed by atoms with van der Waals surface area (Å²) in [7, 11) is 1.31. The SMILES string of the molecule is Bc1c(F)ccc(F)c1O. The van der Waals surface area contributed by atoms with E-state index in [4.69, 9.17) is 5.11 Å². The van der Waals surface area contributed by atoms with E-state index in [9.17, 15) is 8.78 Å². The van der Waals surface area contributed by atoms with Gasteiger partial charge in [-0.05, 0) is 17.6 Å². The summed E-state index contributed by atoms with van der Waals surface area (Å²) < 4.78 is 24.8. The molecule has 0 bridgehead atoms. The standard InChI is InChI=1S/C6H5BF2O/c7-5-3(8)1-2-4(9)6(5)10/h1-2,10H,7H2. The Morgan fingerprint density at radius 1 is 1.20 bits per heavy atom. The Kier molecular flexibility index (Phi) is 1.61. The van der Waals surface area contributed by atoms with E-state index >= 15 is 0 Å². The van der Waals surface area contributed by atoms with Crippen molar-refractivity contribution in [1.82, 2.24) is 0 Å². The molecule has 0 aliphatic carbocycles. The van der Waals surface area contributed by atoms with Crippen molar-refractivity contribution in [3.63, 3.8) is 0 Å². The normalized spacial score (nSPS) is 9.80. The minimum absolute atomic E-state index is 0.0556. The fourth-order valence-electron chi connectivity index (χ4n) is 0.642. The van der Waals surface area contributed by atoms with Crippen molar-refractivity contribution in [3.8, 4) is 5.75 Å². The summed E-state index contributed by atoms with van der Waals surface area (Å²) in [6.45, 7) is 0. The molecule has 1 aromatic carbocycles. The van der Waals surface area contributed by atoms with Gasteiger partial charge in [0.1, 0.15) is 19.4 Å². The minimum atomic E-state index is -0.793. The van der Waals surface area contributed by atoms with Crippen LogP contribution in [-0.2, 0) is 0 Å². The van der Waals surface area contributed by atoms with Crippen LogP contribution in [0.3, 0.4) is 0 Å². The molecule has 0 amide bonds. The van der Waals surface area contributed by atoms with Gasteiger partial charge in [-0.3, -0.25) is 0 Å². The van der Waals surface area contributed by atoms with Crippen LogP contribution >= 0.6 is 0 Å². The Morgan fingerprint density at radius 3 is 2.20 bits per heavy atom. The second kappa shape index (κ2) is 2.29. The maximum atomic E-state index is 12.4. The van der Waals surface area contributed by atoms with Crippen LogP contribution in [0.2, 0.25) is 0 Å². The molecule has 0 heterocycles. The van der Waals surface area contributed by atoms with Crippen molar-refractivity contribution < 1.29 is 13.9 Å². The summed E-state index contributed by atoms with van der Waals surface area (Å²) in [5.41, 5.74) is -0.0556. The van der Waals surface area contributed by atoms with E-state index in [0.29, 0.717) is 0 Å². The smallest absolute Gasteiger partial charge is 0.164 e. The summed E-state index contributed by atoms with van der Waals surface area (Å²) in [4.78, 5) is 0. The van der Waals surface area contributed by atoms with Gasteiger partial charge in [-0.25, -0.2) is 8.78 Å². The lowest BCUT2D eigenvalue weighted by Gasteiger charge is -1.99. The van der Waals surface area contributed by atoms with Crippen LogP contribution in [0.1, 0.15) is 0 Å². The monoisotopic (exact) mass is 142 g/mol. The average Bonchev–Trinajstić information content (AvgIpc) is 1.93. The highest BCUT2D eigenvalue weighted by atomic mass is 19.1. The van der Waals surface area contributed by atoms with Crippen LogP contribution in [0, 0.1) is 11.6 Å². The van der Waals surface area contributed by atoms with Gasteiger partial charge in [0.05, 0.1) is 0 Å². The molecule has 0 aliphatic heterocycles. The van der Waals surface area contributed by atoms with E-state index in [1.54, 1.807) is 0 Å². The quantitative estimate of drug-likeness (QED) is 0.502. The summed E-state index contributed by atoms with van der Waals surface area (Å²) in [5, 5.41) is 8.77. The number of phenolic OH excluding ortho intramolecular Hbond substituents is 1. The van der Waals surface area contributed by atoms with Crippen LogP contribution < -0.4 is 5.46 Å². The fourth-order valence-corrected chi connectivity index (χ4v) is 0.642. The highest BCUT2D eigenvalue weighted by Crippen LogP contribution is 2.11. The van der Waals surface area contributed by atoms with Gasteiger partial charge >= 0.3 is 0 Å². The molecule has 0 atom stereocenters. The first-order chi connectivity index (χ1) is 4.63. The van der Waals surface area contributed by atoms with E-state index in [2.05, 4.69) is 0 Å². The van der Waals surface area contributed by atoms with Crippen LogP contribution in [0.4, 0.5) is 8.78 Å². The molecule has 0 spiro atoms. The lowest BCUT2D eigenvalue weighted by Crippen LogP contribution is -2.09. The van der Waals surface area contributed by atoms with Crippen molar-refractivity contribution in [3.05, 3.63) is 23.8 Å². The Balaban J connectivity index is 3.34. The molecule has 4 heteroatoms. The van der Waals surface area contributed by atoms with E-state index in [1.165, 1.54) is 7.85 Å². The number of hydrogen-bond acceptors (Lipinski definition) is 1. The van der Waals surface area contributed by atoms with Crippen molar-refractivity contribution in [2.75, 3.05) is 0 Å². The third-order valence-electron chi connectivity index (χ3n) is 1.32. The molecule has 52 valence electrons. The molecule has 1 rings (SSSR count). The van der Waals surface area contributed by atoms with Gasteiger partial charge in [-0.2, -0.15) is 0 Å². The van der Waals surface area contributed by atoms with Gasteiger partial charge in [0.2, 0.25) is 0 Å². The van der Waals surface area contributed by atoms with Crippen LogP contribution in [0.5, 0.6) is 5.75 Å². The maximum absolute atomic E-state index is 12.4. The third-order valence-corrected chi connectivity index (χ3v) is 1.32. The molecular weight excluding hydrogens is 137 g/mol. The Morgan fingerprint density at radius 2 is 1.70 bits per heavy atom. The largest absolute Gasteiger partial charge is 0.505 e. The molecule has 0 aromatic heterocycles. The van der Waals surface area contributed by atoms with E-state index in [0.717, 1.165) is 12.1 Å². The molecular formula is C6H5BF2O. The first-order valence-corrected chi connectivity index (χ1v) is 2.76. The van der Waals surface area contributed by atoms with Gasteiger partial charge in [-0.1, -0.05) is 0 Å². The molecule has 1 nitrogen and oxygen atoms in total. The summed E-state index contributed by atoms with van der Waals surface area (Å²) >= 11 is 0. The first kappa shape index (κ1) is 7.06. The highest BCUT2D eigenvalue weighted by molar-refractivity contribution is 6.34. The number of hydrogen-bond donors (Lipinski definition) is 1. The molecule has 1 aromatic rings. The second-order valence-corrected chi connectivity index (χ2v) is 2.00. The average molecular weight is 142 g/mol. The number of halogens is 2. The minimum Gasteiger partial charge on any atom is -0.505 e. The molecule has 0 saturated heterocycles. The molecule has 0 radical (unpaired) electrons. The zero-order chi connectivity index (χ0) is 7.72. The zero-order valence-electron chi connectivity index (χ0n) is 5.36. The van der Waals surface area contributed by atoms with Gasteiger partial charge < -0.3 is 5.11 Å². The molecule has 0 fully saturated rings. The highest BCUT2D eigenvalue weighted by Gasteiger charge is 2.06. The number of phenols is 1. The van der Waals surface area contributed by atoms with E-state index in [-0.39, 0.29) is 5.46 Å². The summed E-state index contributed by atoms with van der Waals surface area (Å²) in [5.74, 6) is -2.00. The number of benzene rings is 1. The second-order valence-electron chi connectivity index (χ2n) is 2.00. The molecule has 0 aliphatic rings. The van der Waals surface area contributed by atoms with E-state index in [1.807, 2.05) is 0 Å². The van der Waals surface area contributed by atoms with Crippen molar-refractivity contribution in [1.29, 1.82) is 0 Å². The summed E-state index contributed by atoms with van der Waals surface area (Å²) in [6.07, 6.45) is 0. The Bertz CT molecular complexity index is 235. The molecule has 0 saturated carbocycles. The fraction of sp³-hybridized carbons (Fsp3) is 0.